The Morgan fingerprint density at radius 2 is 1.60 bits per heavy atom. The molecule has 3 rings (SSSR count). The predicted octanol–water partition coefficient (Wildman–Crippen LogP) is 3.91. The molecule has 0 bridgehead atoms. The number of carbonyl (C=O) groups is 2. The highest BCUT2D eigenvalue weighted by Crippen LogP contribution is 2.17. The third-order valence-electron chi connectivity index (χ3n) is 4.97. The molecule has 0 aliphatic carbocycles. The van der Waals surface area contributed by atoms with E-state index in [1.165, 1.54) is 25.3 Å². The lowest BCUT2D eigenvalue weighted by Gasteiger charge is -2.11. The topological polar surface area (TPSA) is 132 Å². The van der Waals surface area contributed by atoms with Crippen molar-refractivity contribution in [2.45, 2.75) is 13.5 Å². The molecule has 10 heteroatoms. The van der Waals surface area contributed by atoms with E-state index in [9.17, 15) is 19.7 Å². The molecular formula is C25H24N4O6. The predicted molar refractivity (Wildman–Crippen MR) is 130 cm³/mol. The van der Waals surface area contributed by atoms with Gasteiger partial charge >= 0.3 is 0 Å². The second-order valence-corrected chi connectivity index (χ2v) is 7.45. The maximum Gasteiger partial charge on any atom is 0.269 e. The Labute approximate surface area is 201 Å². The number of nitro groups is 1. The zero-order valence-corrected chi connectivity index (χ0v) is 19.1. The zero-order valence-electron chi connectivity index (χ0n) is 19.1. The van der Waals surface area contributed by atoms with Crippen LogP contribution in [0.15, 0.2) is 77.9 Å². The van der Waals surface area contributed by atoms with Gasteiger partial charge in [-0.3, -0.25) is 19.7 Å². The molecule has 0 saturated carbocycles. The van der Waals surface area contributed by atoms with Crippen molar-refractivity contribution in [2.24, 2.45) is 11.0 Å². The number of nitrogens with one attached hydrogen (secondary N) is 2. The maximum absolute atomic E-state index is 12.3. The van der Waals surface area contributed by atoms with Crippen molar-refractivity contribution in [1.29, 1.82) is 0 Å². The molecule has 3 aromatic carbocycles. The first kappa shape index (κ1) is 24.9. The van der Waals surface area contributed by atoms with Crippen LogP contribution < -0.4 is 20.2 Å². The number of methoxy groups -OCH3 is 1. The number of hydrazone groups is 1. The Morgan fingerprint density at radius 1 is 0.971 bits per heavy atom. The van der Waals surface area contributed by atoms with Gasteiger partial charge in [0.05, 0.1) is 18.2 Å². The molecule has 0 saturated heterocycles. The molecule has 0 spiro atoms. The van der Waals surface area contributed by atoms with E-state index >= 15 is 0 Å². The standard InChI is InChI=1S/C25H24N4O6/c1-17(24(30)27-20-7-13-22(34-2)14-8-20)25(31)28-26-15-18-5-11-23(12-6-18)35-16-19-3-9-21(10-4-19)29(32)33/h3-15,17H,16H2,1-2H3,(H,27,30)(H,28,31). The van der Waals surface area contributed by atoms with Gasteiger partial charge in [-0.2, -0.15) is 5.10 Å². The number of ether oxygens (including phenoxy) is 2. The number of carbonyl (C=O) groups excluding carboxylic acids is 2. The van der Waals surface area contributed by atoms with Crippen molar-refractivity contribution in [3.63, 3.8) is 0 Å². The molecule has 0 aliphatic rings. The van der Waals surface area contributed by atoms with Crippen molar-refractivity contribution in [3.8, 4) is 11.5 Å². The summed E-state index contributed by atoms with van der Waals surface area (Å²) >= 11 is 0. The molecule has 1 unspecified atom stereocenters. The second-order valence-electron chi connectivity index (χ2n) is 7.45. The van der Waals surface area contributed by atoms with Gasteiger partial charge in [-0.25, -0.2) is 5.43 Å². The summed E-state index contributed by atoms with van der Waals surface area (Å²) < 4.78 is 10.7. The van der Waals surface area contributed by atoms with Gasteiger partial charge in [-0.15, -0.1) is 0 Å². The second kappa shape index (κ2) is 11.9. The number of benzene rings is 3. The van der Waals surface area contributed by atoms with Gasteiger partial charge in [-0.05, 0) is 78.7 Å². The summed E-state index contributed by atoms with van der Waals surface area (Å²) in [7, 11) is 1.55. The van der Waals surface area contributed by atoms with Crippen LogP contribution in [0.5, 0.6) is 11.5 Å². The molecule has 0 aliphatic heterocycles. The van der Waals surface area contributed by atoms with Crippen molar-refractivity contribution in [1.82, 2.24) is 5.43 Å². The van der Waals surface area contributed by atoms with Crippen molar-refractivity contribution in [3.05, 3.63) is 94.0 Å². The van der Waals surface area contributed by atoms with Crippen LogP contribution >= 0.6 is 0 Å². The van der Waals surface area contributed by atoms with Crippen LogP contribution in [-0.2, 0) is 16.2 Å². The molecule has 0 aromatic heterocycles. The average Bonchev–Trinajstić information content (AvgIpc) is 2.88. The fourth-order valence-electron chi connectivity index (χ4n) is 2.84. The molecule has 10 nitrogen and oxygen atoms in total. The molecule has 1 atom stereocenters. The largest absolute Gasteiger partial charge is 0.497 e. The Hall–Kier alpha value is -4.73. The van der Waals surface area contributed by atoms with Gasteiger partial charge in [0.1, 0.15) is 24.0 Å². The molecule has 180 valence electrons. The van der Waals surface area contributed by atoms with E-state index < -0.39 is 22.7 Å². The van der Waals surface area contributed by atoms with Crippen molar-refractivity contribution < 1.29 is 24.0 Å². The van der Waals surface area contributed by atoms with Gasteiger partial charge in [0, 0.05) is 17.8 Å². The average molecular weight is 476 g/mol. The summed E-state index contributed by atoms with van der Waals surface area (Å²) in [5.41, 5.74) is 4.45. The molecule has 0 heterocycles. The molecule has 2 amide bonds. The number of anilines is 1. The molecule has 3 aromatic rings. The van der Waals surface area contributed by atoms with Crippen LogP contribution in [0.25, 0.3) is 0 Å². The minimum absolute atomic E-state index is 0.0248. The molecular weight excluding hydrogens is 452 g/mol. The maximum atomic E-state index is 12.3. The molecule has 0 radical (unpaired) electrons. The van der Waals surface area contributed by atoms with Crippen molar-refractivity contribution in [2.75, 3.05) is 12.4 Å². The number of hydrogen-bond acceptors (Lipinski definition) is 7. The smallest absolute Gasteiger partial charge is 0.269 e. The highest BCUT2D eigenvalue weighted by molar-refractivity contribution is 6.06. The van der Waals surface area contributed by atoms with Gasteiger partial charge in [0.2, 0.25) is 5.91 Å². The zero-order chi connectivity index (χ0) is 25.2. The molecule has 35 heavy (non-hydrogen) atoms. The van der Waals surface area contributed by atoms with Crippen LogP contribution in [0.2, 0.25) is 0 Å². The summed E-state index contributed by atoms with van der Waals surface area (Å²) in [6.07, 6.45) is 1.45. The van der Waals surface area contributed by atoms with Crippen LogP contribution in [0.4, 0.5) is 11.4 Å². The van der Waals surface area contributed by atoms with Crippen LogP contribution in [0.3, 0.4) is 0 Å². The van der Waals surface area contributed by atoms with Crippen LogP contribution in [0.1, 0.15) is 18.1 Å². The summed E-state index contributed by atoms with van der Waals surface area (Å²) in [5, 5.41) is 17.3. The van der Waals surface area contributed by atoms with E-state index in [0.717, 1.165) is 5.56 Å². The van der Waals surface area contributed by atoms with E-state index in [0.29, 0.717) is 22.7 Å². The minimum atomic E-state index is -0.954. The Kier molecular flexibility index (Phi) is 8.49. The van der Waals surface area contributed by atoms with Crippen LogP contribution in [0, 0.1) is 16.0 Å². The van der Waals surface area contributed by atoms with Crippen LogP contribution in [-0.4, -0.2) is 30.1 Å². The third-order valence-corrected chi connectivity index (χ3v) is 4.97. The van der Waals surface area contributed by atoms with E-state index in [1.807, 2.05) is 0 Å². The first-order valence-electron chi connectivity index (χ1n) is 10.6. The summed E-state index contributed by atoms with van der Waals surface area (Å²) in [4.78, 5) is 34.8. The summed E-state index contributed by atoms with van der Waals surface area (Å²) in [6.45, 7) is 1.75. The quantitative estimate of drug-likeness (QED) is 0.197. The summed E-state index contributed by atoms with van der Waals surface area (Å²) in [5.74, 6) is -0.697. The fourth-order valence-corrected chi connectivity index (χ4v) is 2.84. The first-order chi connectivity index (χ1) is 16.9. The number of rotatable bonds is 10. The van der Waals surface area contributed by atoms with E-state index in [1.54, 1.807) is 67.8 Å². The normalized spacial score (nSPS) is 11.5. The summed E-state index contributed by atoms with van der Waals surface area (Å²) in [6, 6.07) is 19.9. The minimum Gasteiger partial charge on any atom is -0.497 e. The fraction of sp³-hybridized carbons (Fsp3) is 0.160. The third kappa shape index (κ3) is 7.39. The van der Waals surface area contributed by atoms with Gasteiger partial charge in [-0.1, -0.05) is 0 Å². The van der Waals surface area contributed by atoms with E-state index in [-0.39, 0.29) is 12.3 Å². The lowest BCUT2D eigenvalue weighted by Crippen LogP contribution is -2.34. The Bertz CT molecular complexity index is 1190. The van der Waals surface area contributed by atoms with E-state index in [2.05, 4.69) is 15.8 Å². The number of nitro benzene ring substituents is 1. The van der Waals surface area contributed by atoms with Gasteiger partial charge < -0.3 is 14.8 Å². The highest BCUT2D eigenvalue weighted by Gasteiger charge is 2.21. The van der Waals surface area contributed by atoms with Gasteiger partial charge in [0.25, 0.3) is 11.6 Å². The lowest BCUT2D eigenvalue weighted by molar-refractivity contribution is -0.384. The highest BCUT2D eigenvalue weighted by atomic mass is 16.6. The Balaban J connectivity index is 1.45. The molecule has 0 fully saturated rings. The SMILES string of the molecule is COc1ccc(NC(=O)C(C)C(=O)NN=Cc2ccc(OCc3ccc([N+](=O)[O-])cc3)cc2)cc1. The van der Waals surface area contributed by atoms with Gasteiger partial charge in [0.15, 0.2) is 0 Å². The number of nitrogens with zero attached hydrogens (tertiary/aromatic N) is 2. The lowest BCUT2D eigenvalue weighted by atomic mass is 10.1. The number of amides is 2. The van der Waals surface area contributed by atoms with E-state index in [4.69, 9.17) is 9.47 Å². The Morgan fingerprint density at radius 3 is 2.20 bits per heavy atom. The molecule has 2 N–H and O–H groups in total. The number of non-ortho nitro benzene ring substituents is 1. The van der Waals surface area contributed by atoms with Crippen molar-refractivity contribution >= 4 is 29.4 Å². The first-order valence-corrected chi connectivity index (χ1v) is 10.6. The number of hydrogen-bond donors (Lipinski definition) is 2. The monoisotopic (exact) mass is 476 g/mol.